The number of carbonyl (C=O) groups excluding carboxylic acids is 2. The fourth-order valence-corrected chi connectivity index (χ4v) is 1.24. The predicted octanol–water partition coefficient (Wildman–Crippen LogP) is 0.428. The van der Waals surface area contributed by atoms with Gasteiger partial charge in [0.2, 0.25) is 5.91 Å². The molecule has 1 unspecified atom stereocenters. The van der Waals surface area contributed by atoms with Crippen molar-refractivity contribution in [2.45, 2.75) is 45.7 Å². The van der Waals surface area contributed by atoms with Gasteiger partial charge in [0.15, 0.2) is 0 Å². The Bertz CT molecular complexity index is 241. The molecule has 0 saturated carbocycles. The van der Waals surface area contributed by atoms with Gasteiger partial charge in [-0.1, -0.05) is 20.8 Å². The van der Waals surface area contributed by atoms with Gasteiger partial charge in [-0.25, -0.2) is 4.79 Å². The van der Waals surface area contributed by atoms with Crippen LogP contribution in [0.15, 0.2) is 0 Å². The molecule has 0 aromatic carbocycles. The normalized spacial score (nSPS) is 14.4. The molecule has 1 amide bonds. The Hall–Kier alpha value is -1.10. The minimum absolute atomic E-state index is 0.00532. The van der Waals surface area contributed by atoms with E-state index in [4.69, 9.17) is 5.73 Å². The Morgan fingerprint density at radius 3 is 2.31 bits per heavy atom. The second-order valence-electron chi connectivity index (χ2n) is 4.18. The Morgan fingerprint density at radius 2 is 1.94 bits per heavy atom. The zero-order chi connectivity index (χ0) is 12.7. The van der Waals surface area contributed by atoms with Crippen molar-refractivity contribution in [3.8, 4) is 0 Å². The van der Waals surface area contributed by atoms with Crippen LogP contribution < -0.4 is 11.1 Å². The van der Waals surface area contributed by atoms with Crippen molar-refractivity contribution in [2.75, 3.05) is 7.11 Å². The molecule has 0 aliphatic heterocycles. The summed E-state index contributed by atoms with van der Waals surface area (Å²) < 4.78 is 4.62. The van der Waals surface area contributed by atoms with E-state index in [1.165, 1.54) is 7.11 Å². The van der Waals surface area contributed by atoms with Crippen LogP contribution >= 0.6 is 0 Å². The number of nitrogens with two attached hydrogens (primary N) is 1. The van der Waals surface area contributed by atoms with Crippen molar-refractivity contribution < 1.29 is 14.3 Å². The zero-order valence-electron chi connectivity index (χ0n) is 10.4. The minimum atomic E-state index is -0.596. The summed E-state index contributed by atoms with van der Waals surface area (Å²) in [5, 5.41) is 2.64. The highest BCUT2D eigenvalue weighted by Gasteiger charge is 2.25. The SMILES string of the molecule is CCC(N)CC(=O)N[C@H](C(=O)OC)C(C)C. The third-order valence-electron chi connectivity index (χ3n) is 2.41. The van der Waals surface area contributed by atoms with Gasteiger partial charge in [-0.05, 0) is 12.3 Å². The molecule has 16 heavy (non-hydrogen) atoms. The van der Waals surface area contributed by atoms with E-state index in [2.05, 4.69) is 10.1 Å². The number of nitrogens with one attached hydrogen (secondary N) is 1. The number of rotatable bonds is 6. The number of methoxy groups -OCH3 is 1. The van der Waals surface area contributed by atoms with Crippen molar-refractivity contribution in [1.29, 1.82) is 0 Å². The Kier molecular flexibility index (Phi) is 6.72. The fraction of sp³-hybridized carbons (Fsp3) is 0.818. The summed E-state index contributed by atoms with van der Waals surface area (Å²) in [5.74, 6) is -0.638. The molecule has 3 N–H and O–H groups in total. The number of hydrogen-bond acceptors (Lipinski definition) is 4. The van der Waals surface area contributed by atoms with Crippen molar-refractivity contribution >= 4 is 11.9 Å². The molecular formula is C11H22N2O3. The second-order valence-corrected chi connectivity index (χ2v) is 4.18. The van der Waals surface area contributed by atoms with E-state index in [1.54, 1.807) is 0 Å². The highest BCUT2D eigenvalue weighted by atomic mass is 16.5. The molecule has 5 heteroatoms. The summed E-state index contributed by atoms with van der Waals surface area (Å²) in [7, 11) is 1.31. The summed E-state index contributed by atoms with van der Waals surface area (Å²) in [6.45, 7) is 5.61. The highest BCUT2D eigenvalue weighted by molar-refractivity contribution is 5.84. The third-order valence-corrected chi connectivity index (χ3v) is 2.41. The van der Waals surface area contributed by atoms with Gasteiger partial charge in [0.05, 0.1) is 7.11 Å². The largest absolute Gasteiger partial charge is 0.467 e. The summed E-state index contributed by atoms with van der Waals surface area (Å²) in [5.41, 5.74) is 5.66. The number of carbonyl (C=O) groups is 2. The fourth-order valence-electron chi connectivity index (χ4n) is 1.24. The molecule has 0 aliphatic carbocycles. The second kappa shape index (κ2) is 7.22. The smallest absolute Gasteiger partial charge is 0.328 e. The molecule has 0 bridgehead atoms. The number of hydrogen-bond donors (Lipinski definition) is 2. The van der Waals surface area contributed by atoms with E-state index >= 15 is 0 Å². The van der Waals surface area contributed by atoms with Crippen LogP contribution in [0, 0.1) is 5.92 Å². The van der Waals surface area contributed by atoms with Crippen molar-refractivity contribution in [2.24, 2.45) is 11.7 Å². The number of amides is 1. The molecule has 0 fully saturated rings. The average molecular weight is 230 g/mol. The van der Waals surface area contributed by atoms with Crippen LogP contribution in [0.2, 0.25) is 0 Å². The van der Waals surface area contributed by atoms with Gasteiger partial charge in [-0.2, -0.15) is 0 Å². The summed E-state index contributed by atoms with van der Waals surface area (Å²) >= 11 is 0. The quantitative estimate of drug-likeness (QED) is 0.648. The van der Waals surface area contributed by atoms with Crippen molar-refractivity contribution in [3.05, 3.63) is 0 Å². The number of esters is 1. The maximum absolute atomic E-state index is 11.5. The lowest BCUT2D eigenvalue weighted by Crippen LogP contribution is -2.46. The average Bonchev–Trinajstić information content (AvgIpc) is 2.24. The lowest BCUT2D eigenvalue weighted by atomic mass is 10.0. The molecule has 0 rings (SSSR count). The number of ether oxygens (including phenoxy) is 1. The molecule has 0 radical (unpaired) electrons. The van der Waals surface area contributed by atoms with E-state index < -0.39 is 12.0 Å². The Labute approximate surface area is 96.7 Å². The van der Waals surface area contributed by atoms with Gasteiger partial charge in [0.1, 0.15) is 6.04 Å². The van der Waals surface area contributed by atoms with Gasteiger partial charge in [-0.15, -0.1) is 0 Å². The molecule has 0 aromatic heterocycles. The van der Waals surface area contributed by atoms with Gasteiger partial charge >= 0.3 is 5.97 Å². The minimum Gasteiger partial charge on any atom is -0.467 e. The lowest BCUT2D eigenvalue weighted by Gasteiger charge is -2.20. The lowest BCUT2D eigenvalue weighted by molar-refractivity contribution is -0.146. The van der Waals surface area contributed by atoms with Crippen LogP contribution in [0.3, 0.4) is 0 Å². The molecule has 2 atom stereocenters. The first-order valence-electron chi connectivity index (χ1n) is 5.55. The van der Waals surface area contributed by atoms with E-state index in [0.29, 0.717) is 0 Å². The van der Waals surface area contributed by atoms with Crippen LogP contribution in [0.1, 0.15) is 33.6 Å². The van der Waals surface area contributed by atoms with Crippen LogP contribution in [-0.4, -0.2) is 31.1 Å². The summed E-state index contributed by atoms with van der Waals surface area (Å²) in [6, 6.07) is -0.757. The molecule has 5 nitrogen and oxygen atoms in total. The molecule has 94 valence electrons. The molecule has 0 saturated heterocycles. The molecular weight excluding hydrogens is 208 g/mol. The Morgan fingerprint density at radius 1 is 1.38 bits per heavy atom. The summed E-state index contributed by atoms with van der Waals surface area (Å²) in [4.78, 5) is 22.9. The monoisotopic (exact) mass is 230 g/mol. The van der Waals surface area contributed by atoms with Crippen LogP contribution in [0.25, 0.3) is 0 Å². The van der Waals surface area contributed by atoms with Gasteiger partial charge in [0.25, 0.3) is 0 Å². The first kappa shape index (κ1) is 14.9. The van der Waals surface area contributed by atoms with Crippen LogP contribution in [-0.2, 0) is 14.3 Å². The van der Waals surface area contributed by atoms with E-state index in [9.17, 15) is 9.59 Å². The van der Waals surface area contributed by atoms with E-state index in [0.717, 1.165) is 6.42 Å². The molecule has 0 aliphatic rings. The predicted molar refractivity (Wildman–Crippen MR) is 61.7 cm³/mol. The third kappa shape index (κ3) is 5.11. The summed E-state index contributed by atoms with van der Waals surface area (Å²) in [6.07, 6.45) is 0.967. The van der Waals surface area contributed by atoms with Crippen LogP contribution in [0.5, 0.6) is 0 Å². The van der Waals surface area contributed by atoms with E-state index in [1.807, 2.05) is 20.8 Å². The highest BCUT2D eigenvalue weighted by Crippen LogP contribution is 2.04. The molecule has 0 aromatic rings. The Balaban J connectivity index is 4.30. The van der Waals surface area contributed by atoms with Gasteiger partial charge in [0, 0.05) is 12.5 Å². The maximum Gasteiger partial charge on any atom is 0.328 e. The first-order chi connectivity index (χ1) is 7.42. The first-order valence-corrected chi connectivity index (χ1v) is 5.55. The standard InChI is InChI=1S/C11H22N2O3/c1-5-8(12)6-9(14)13-10(7(2)3)11(15)16-4/h7-8,10H,5-6,12H2,1-4H3,(H,13,14)/t8?,10-/m0/s1. The van der Waals surface area contributed by atoms with Crippen molar-refractivity contribution in [3.63, 3.8) is 0 Å². The molecule has 0 heterocycles. The zero-order valence-corrected chi connectivity index (χ0v) is 10.4. The topological polar surface area (TPSA) is 81.4 Å². The maximum atomic E-state index is 11.5. The van der Waals surface area contributed by atoms with Gasteiger partial charge in [-0.3, -0.25) is 4.79 Å². The van der Waals surface area contributed by atoms with E-state index in [-0.39, 0.29) is 24.3 Å². The van der Waals surface area contributed by atoms with Crippen molar-refractivity contribution in [1.82, 2.24) is 5.32 Å². The van der Waals surface area contributed by atoms with Crippen LogP contribution in [0.4, 0.5) is 0 Å². The molecule has 0 spiro atoms. The van der Waals surface area contributed by atoms with Gasteiger partial charge < -0.3 is 15.8 Å².